The molecule has 1 aromatic carbocycles. The third kappa shape index (κ3) is 3.76. The van der Waals surface area contributed by atoms with Crippen LogP contribution in [0.25, 0.3) is 0 Å². The van der Waals surface area contributed by atoms with Crippen LogP contribution in [0.15, 0.2) is 24.3 Å². The second-order valence-corrected chi connectivity index (χ2v) is 6.55. The van der Waals surface area contributed by atoms with Crippen molar-refractivity contribution < 1.29 is 0 Å². The number of anilines is 1. The molecule has 0 heterocycles. The minimum Gasteiger partial charge on any atom is -0.382 e. The lowest BCUT2D eigenvalue weighted by atomic mass is 9.75. The summed E-state index contributed by atoms with van der Waals surface area (Å²) in [6, 6.07) is 9.67. The average molecular weight is 245 g/mol. The molecular weight excluding hydrogens is 218 g/mol. The van der Waals surface area contributed by atoms with Gasteiger partial charge in [0.15, 0.2) is 0 Å². The first-order valence-corrected chi connectivity index (χ1v) is 7.44. The first kappa shape index (κ1) is 13.5. The van der Waals surface area contributed by atoms with Gasteiger partial charge in [-0.05, 0) is 48.8 Å². The summed E-state index contributed by atoms with van der Waals surface area (Å²) in [5, 5.41) is 3.71. The predicted molar refractivity (Wildman–Crippen MR) is 80.1 cm³/mol. The Morgan fingerprint density at radius 1 is 1.22 bits per heavy atom. The van der Waals surface area contributed by atoms with E-state index in [1.165, 1.54) is 49.8 Å². The lowest BCUT2D eigenvalue weighted by Gasteiger charge is -2.36. The van der Waals surface area contributed by atoms with E-state index in [1.807, 2.05) is 0 Å². The average Bonchev–Trinajstić information content (AvgIpc) is 2.31. The van der Waals surface area contributed by atoms with Crippen LogP contribution in [-0.4, -0.2) is 6.04 Å². The molecule has 0 aliphatic heterocycles. The third-order valence-corrected chi connectivity index (χ3v) is 4.07. The standard InChI is InChI=1S/C17H27N/c1-4-6-14-8-10-15(11-9-14)18-16-7-5-12-17(2,3)13-16/h8-11,16,18H,4-7,12-13H2,1-3H3. The molecule has 0 bridgehead atoms. The molecule has 1 atom stereocenters. The van der Waals surface area contributed by atoms with Gasteiger partial charge < -0.3 is 5.32 Å². The van der Waals surface area contributed by atoms with Crippen LogP contribution < -0.4 is 5.32 Å². The summed E-state index contributed by atoms with van der Waals surface area (Å²) in [7, 11) is 0. The molecule has 1 N–H and O–H groups in total. The molecule has 0 spiro atoms. The normalized spacial score (nSPS) is 22.7. The van der Waals surface area contributed by atoms with Crippen LogP contribution in [0.3, 0.4) is 0 Å². The molecule has 1 unspecified atom stereocenters. The minimum absolute atomic E-state index is 0.512. The summed E-state index contributed by atoms with van der Waals surface area (Å²) in [4.78, 5) is 0. The maximum absolute atomic E-state index is 3.71. The molecule has 0 saturated heterocycles. The Bertz CT molecular complexity index is 364. The van der Waals surface area contributed by atoms with E-state index in [9.17, 15) is 0 Å². The maximum Gasteiger partial charge on any atom is 0.0342 e. The zero-order valence-electron chi connectivity index (χ0n) is 12.1. The fourth-order valence-electron chi connectivity index (χ4n) is 3.11. The molecule has 1 fully saturated rings. The Morgan fingerprint density at radius 2 is 1.94 bits per heavy atom. The Balaban J connectivity index is 1.92. The maximum atomic E-state index is 3.71. The molecule has 0 amide bonds. The molecule has 0 radical (unpaired) electrons. The third-order valence-electron chi connectivity index (χ3n) is 4.07. The Kier molecular flexibility index (Phi) is 4.31. The molecule has 2 rings (SSSR count). The van der Waals surface area contributed by atoms with Gasteiger partial charge in [-0.25, -0.2) is 0 Å². The summed E-state index contributed by atoms with van der Waals surface area (Å²) in [6.45, 7) is 7.02. The molecule has 18 heavy (non-hydrogen) atoms. The Labute approximate surface area is 112 Å². The van der Waals surface area contributed by atoms with Crippen LogP contribution in [0, 0.1) is 5.41 Å². The van der Waals surface area contributed by atoms with E-state index in [2.05, 4.69) is 50.4 Å². The summed E-state index contributed by atoms with van der Waals surface area (Å²) in [5.41, 5.74) is 3.25. The van der Waals surface area contributed by atoms with Gasteiger partial charge in [-0.1, -0.05) is 45.7 Å². The smallest absolute Gasteiger partial charge is 0.0342 e. The predicted octanol–water partition coefficient (Wildman–Crippen LogP) is 5.02. The molecular formula is C17H27N. The number of benzene rings is 1. The zero-order chi connectivity index (χ0) is 13.0. The van der Waals surface area contributed by atoms with Crippen molar-refractivity contribution in [1.29, 1.82) is 0 Å². The van der Waals surface area contributed by atoms with Gasteiger partial charge in [0.2, 0.25) is 0 Å². The van der Waals surface area contributed by atoms with E-state index < -0.39 is 0 Å². The van der Waals surface area contributed by atoms with Crippen molar-refractivity contribution >= 4 is 5.69 Å². The van der Waals surface area contributed by atoms with Gasteiger partial charge in [-0.3, -0.25) is 0 Å². The van der Waals surface area contributed by atoms with Crippen molar-refractivity contribution in [1.82, 2.24) is 0 Å². The van der Waals surface area contributed by atoms with Crippen molar-refractivity contribution in [2.75, 3.05) is 5.32 Å². The number of rotatable bonds is 4. The van der Waals surface area contributed by atoms with Gasteiger partial charge in [0.05, 0.1) is 0 Å². The van der Waals surface area contributed by atoms with E-state index in [0.29, 0.717) is 11.5 Å². The van der Waals surface area contributed by atoms with Crippen LogP contribution in [0.4, 0.5) is 5.69 Å². The van der Waals surface area contributed by atoms with Crippen LogP contribution in [-0.2, 0) is 6.42 Å². The highest BCUT2D eigenvalue weighted by molar-refractivity contribution is 5.45. The van der Waals surface area contributed by atoms with Crippen molar-refractivity contribution in [3.8, 4) is 0 Å². The van der Waals surface area contributed by atoms with E-state index in [0.717, 1.165) is 0 Å². The van der Waals surface area contributed by atoms with Gasteiger partial charge in [-0.15, -0.1) is 0 Å². The van der Waals surface area contributed by atoms with Crippen molar-refractivity contribution in [2.45, 2.75) is 65.3 Å². The summed E-state index contributed by atoms with van der Waals surface area (Å²) >= 11 is 0. The molecule has 1 aliphatic rings. The highest BCUT2D eigenvalue weighted by Gasteiger charge is 2.27. The lowest BCUT2D eigenvalue weighted by molar-refractivity contribution is 0.229. The van der Waals surface area contributed by atoms with Gasteiger partial charge in [0.1, 0.15) is 0 Å². The van der Waals surface area contributed by atoms with E-state index in [-0.39, 0.29) is 0 Å². The summed E-state index contributed by atoms with van der Waals surface area (Å²) < 4.78 is 0. The van der Waals surface area contributed by atoms with Gasteiger partial charge in [-0.2, -0.15) is 0 Å². The Morgan fingerprint density at radius 3 is 2.56 bits per heavy atom. The lowest BCUT2D eigenvalue weighted by Crippen LogP contribution is -2.31. The quantitative estimate of drug-likeness (QED) is 0.785. The number of hydrogen-bond acceptors (Lipinski definition) is 1. The van der Waals surface area contributed by atoms with Gasteiger partial charge >= 0.3 is 0 Å². The molecule has 1 saturated carbocycles. The first-order chi connectivity index (χ1) is 8.59. The molecule has 0 aromatic heterocycles. The van der Waals surface area contributed by atoms with E-state index in [1.54, 1.807) is 0 Å². The largest absolute Gasteiger partial charge is 0.382 e. The molecule has 1 aliphatic carbocycles. The van der Waals surface area contributed by atoms with Gasteiger partial charge in [0.25, 0.3) is 0 Å². The van der Waals surface area contributed by atoms with Crippen molar-refractivity contribution in [2.24, 2.45) is 5.41 Å². The molecule has 100 valence electrons. The van der Waals surface area contributed by atoms with Crippen molar-refractivity contribution in [3.05, 3.63) is 29.8 Å². The minimum atomic E-state index is 0.512. The van der Waals surface area contributed by atoms with Crippen LogP contribution in [0.1, 0.15) is 58.4 Å². The topological polar surface area (TPSA) is 12.0 Å². The SMILES string of the molecule is CCCc1ccc(NC2CCCC(C)(C)C2)cc1. The second-order valence-electron chi connectivity index (χ2n) is 6.55. The first-order valence-electron chi connectivity index (χ1n) is 7.44. The number of nitrogens with one attached hydrogen (secondary N) is 1. The molecule has 1 nitrogen and oxygen atoms in total. The number of aryl methyl sites for hydroxylation is 1. The van der Waals surface area contributed by atoms with Crippen LogP contribution >= 0.6 is 0 Å². The molecule has 1 aromatic rings. The van der Waals surface area contributed by atoms with E-state index in [4.69, 9.17) is 0 Å². The van der Waals surface area contributed by atoms with Crippen LogP contribution in [0.5, 0.6) is 0 Å². The Hall–Kier alpha value is -0.980. The zero-order valence-corrected chi connectivity index (χ0v) is 12.1. The number of hydrogen-bond donors (Lipinski definition) is 1. The fraction of sp³-hybridized carbons (Fsp3) is 0.647. The van der Waals surface area contributed by atoms with Crippen LogP contribution in [0.2, 0.25) is 0 Å². The summed E-state index contributed by atoms with van der Waals surface area (Å²) in [5.74, 6) is 0. The van der Waals surface area contributed by atoms with Crippen molar-refractivity contribution in [3.63, 3.8) is 0 Å². The molecule has 1 heteroatoms. The fourth-order valence-corrected chi connectivity index (χ4v) is 3.11. The summed E-state index contributed by atoms with van der Waals surface area (Å²) in [6.07, 6.45) is 7.77. The second kappa shape index (κ2) is 5.77. The monoisotopic (exact) mass is 245 g/mol. The van der Waals surface area contributed by atoms with E-state index >= 15 is 0 Å². The van der Waals surface area contributed by atoms with Gasteiger partial charge in [0, 0.05) is 11.7 Å². The highest BCUT2D eigenvalue weighted by atomic mass is 14.9. The highest BCUT2D eigenvalue weighted by Crippen LogP contribution is 2.36.